The van der Waals surface area contributed by atoms with Crippen LogP contribution in [-0.4, -0.2) is 62.2 Å². The van der Waals surface area contributed by atoms with Crippen molar-refractivity contribution >= 4 is 25.0 Å². The molecule has 0 heterocycles. The normalized spacial score (nSPS) is 13.8. The minimum Gasteiger partial charge on any atom is -0.395 e. The molecule has 0 aromatic heterocycles. The molecule has 0 aromatic rings. The Bertz CT molecular complexity index is 310. The average Bonchev–Trinajstić information content (AvgIpc) is 2.39. The van der Waals surface area contributed by atoms with E-state index in [-0.39, 0.29) is 0 Å². The third-order valence-corrected chi connectivity index (χ3v) is 14.9. The van der Waals surface area contributed by atoms with Crippen LogP contribution in [0.25, 0.3) is 0 Å². The van der Waals surface area contributed by atoms with Gasteiger partial charge in [0.25, 0.3) is 0 Å². The topological polar surface area (TPSA) is 30.9 Å². The Morgan fingerprint density at radius 3 is 1.58 bits per heavy atom. The van der Waals surface area contributed by atoms with Crippen molar-refractivity contribution in [2.24, 2.45) is 0 Å². The van der Waals surface area contributed by atoms with Gasteiger partial charge in [0.05, 0.1) is 0 Å². The summed E-state index contributed by atoms with van der Waals surface area (Å²) >= 11 is 0. The summed E-state index contributed by atoms with van der Waals surface area (Å²) in [5, 5.41) is 0. The maximum absolute atomic E-state index is 5.88. The predicted molar refractivity (Wildman–Crippen MR) is 113 cm³/mol. The molecule has 4 nitrogen and oxygen atoms in total. The summed E-state index contributed by atoms with van der Waals surface area (Å²) in [6.07, 6.45) is 2.18. The van der Waals surface area contributed by atoms with Crippen molar-refractivity contribution in [3.63, 3.8) is 0 Å². The molecule has 0 aromatic carbocycles. The highest BCUT2D eigenvalue weighted by Gasteiger charge is 2.33. The first-order chi connectivity index (χ1) is 11.0. The molecular weight excluding hydrogens is 350 g/mol. The Morgan fingerprint density at radius 1 is 0.708 bits per heavy atom. The zero-order valence-electron chi connectivity index (χ0n) is 17.8. The van der Waals surface area contributed by atoms with E-state index in [4.69, 9.17) is 13.6 Å². The summed E-state index contributed by atoms with van der Waals surface area (Å²) in [5.41, 5.74) is 0. The van der Waals surface area contributed by atoms with Crippen LogP contribution in [0.3, 0.4) is 0 Å². The molecule has 0 aliphatic rings. The van der Waals surface area contributed by atoms with Gasteiger partial charge in [0.15, 0.2) is 0 Å². The molecule has 0 spiro atoms. The molecule has 0 unspecified atom stereocenters. The van der Waals surface area contributed by atoms with Gasteiger partial charge < -0.3 is 17.8 Å². The zero-order valence-corrected chi connectivity index (χ0v) is 20.8. The third-order valence-electron chi connectivity index (χ3n) is 4.11. The molecule has 0 atom stereocenters. The van der Waals surface area contributed by atoms with Gasteiger partial charge in [0.2, 0.25) is 0 Å². The molecule has 24 heavy (non-hydrogen) atoms. The molecule has 0 bridgehead atoms. The second-order valence-electron chi connectivity index (χ2n) is 8.56. The SMILES string of the molecule is CCO[Si](C)(CCCOCCCN([Si](C)(C)C)[Si](C)(C)C)OCC. The van der Waals surface area contributed by atoms with Crippen LogP contribution in [0.4, 0.5) is 0 Å². The molecule has 0 saturated heterocycles. The van der Waals surface area contributed by atoms with Crippen LogP contribution in [0.15, 0.2) is 0 Å². The van der Waals surface area contributed by atoms with E-state index in [0.717, 1.165) is 45.3 Å². The Labute approximate surface area is 154 Å². The van der Waals surface area contributed by atoms with E-state index < -0.39 is 25.0 Å². The van der Waals surface area contributed by atoms with Crippen LogP contribution in [-0.2, 0) is 13.6 Å². The monoisotopic (exact) mass is 393 g/mol. The summed E-state index contributed by atoms with van der Waals surface area (Å²) in [6, 6.07) is 1.02. The highest BCUT2D eigenvalue weighted by molar-refractivity contribution is 6.89. The van der Waals surface area contributed by atoms with E-state index in [0.29, 0.717) is 0 Å². The lowest BCUT2D eigenvalue weighted by Gasteiger charge is -2.43. The standard InChI is InChI=1S/C17H43NO3Si3/c1-10-20-24(9,21-11-2)17-13-16-19-15-12-14-18(22(3,4)5)23(6,7)8/h10-17H2,1-9H3. The summed E-state index contributed by atoms with van der Waals surface area (Å²) in [6.45, 7) is 25.4. The fraction of sp³-hybridized carbons (Fsp3) is 1.00. The minimum atomic E-state index is -1.96. The van der Waals surface area contributed by atoms with Gasteiger partial charge >= 0.3 is 8.56 Å². The lowest BCUT2D eigenvalue weighted by Crippen LogP contribution is -2.59. The highest BCUT2D eigenvalue weighted by Crippen LogP contribution is 2.20. The Kier molecular flexibility index (Phi) is 11.5. The van der Waals surface area contributed by atoms with Crippen LogP contribution in [0.1, 0.15) is 26.7 Å². The molecule has 0 N–H and O–H groups in total. The van der Waals surface area contributed by atoms with Crippen LogP contribution >= 0.6 is 0 Å². The quantitative estimate of drug-likeness (QED) is 0.310. The Morgan fingerprint density at radius 2 is 1.17 bits per heavy atom. The first-order valence-electron chi connectivity index (χ1n) is 9.59. The molecule has 0 fully saturated rings. The molecule has 0 amide bonds. The minimum absolute atomic E-state index is 0.743. The molecule has 0 radical (unpaired) electrons. The molecule has 0 saturated carbocycles. The molecule has 146 valence electrons. The maximum atomic E-state index is 5.88. The fourth-order valence-corrected chi connectivity index (χ4v) is 15.5. The van der Waals surface area contributed by atoms with Crippen molar-refractivity contribution in [2.45, 2.75) is 78.6 Å². The largest absolute Gasteiger partial charge is 0.395 e. The van der Waals surface area contributed by atoms with Gasteiger partial charge in [-0.25, -0.2) is 0 Å². The molecular formula is C17H43NO3Si3. The van der Waals surface area contributed by atoms with Crippen LogP contribution < -0.4 is 0 Å². The lowest BCUT2D eigenvalue weighted by atomic mass is 10.4. The van der Waals surface area contributed by atoms with Gasteiger partial charge in [-0.05, 0) is 45.8 Å². The first kappa shape index (κ1) is 24.5. The number of nitrogens with zero attached hydrogens (tertiary/aromatic N) is 1. The van der Waals surface area contributed by atoms with Crippen molar-refractivity contribution in [1.29, 1.82) is 0 Å². The highest BCUT2D eigenvalue weighted by atomic mass is 28.4. The molecule has 7 heteroatoms. The van der Waals surface area contributed by atoms with Crippen LogP contribution in [0.2, 0.25) is 51.9 Å². The molecule has 0 rings (SSSR count). The van der Waals surface area contributed by atoms with Gasteiger partial charge in [0, 0.05) is 26.4 Å². The number of hydrogen-bond donors (Lipinski definition) is 0. The average molecular weight is 394 g/mol. The van der Waals surface area contributed by atoms with Crippen molar-refractivity contribution < 1.29 is 13.6 Å². The number of hydrogen-bond acceptors (Lipinski definition) is 4. The van der Waals surface area contributed by atoms with E-state index >= 15 is 0 Å². The smallest absolute Gasteiger partial charge is 0.334 e. The van der Waals surface area contributed by atoms with E-state index in [1.807, 2.05) is 13.8 Å². The van der Waals surface area contributed by atoms with Gasteiger partial charge in [-0.3, -0.25) is 0 Å². The summed E-state index contributed by atoms with van der Waals surface area (Å²) in [5.74, 6) is 0. The second-order valence-corrected chi connectivity index (χ2v) is 22.1. The van der Waals surface area contributed by atoms with E-state index in [9.17, 15) is 0 Å². The number of rotatable bonds is 14. The Balaban J connectivity index is 4.02. The first-order valence-corrected chi connectivity index (χ1v) is 19.0. The maximum Gasteiger partial charge on any atom is 0.334 e. The van der Waals surface area contributed by atoms with Gasteiger partial charge in [0.1, 0.15) is 16.5 Å². The predicted octanol–water partition coefficient (Wildman–Crippen LogP) is 4.90. The van der Waals surface area contributed by atoms with Gasteiger partial charge in [-0.1, -0.05) is 39.3 Å². The zero-order chi connectivity index (χ0) is 18.9. The second kappa shape index (κ2) is 11.3. The Hall–Kier alpha value is 0.491. The fourth-order valence-electron chi connectivity index (χ4n) is 3.40. The lowest BCUT2D eigenvalue weighted by molar-refractivity contribution is 0.125. The van der Waals surface area contributed by atoms with E-state index in [1.165, 1.54) is 6.54 Å². The van der Waals surface area contributed by atoms with Crippen molar-refractivity contribution in [2.75, 3.05) is 33.0 Å². The van der Waals surface area contributed by atoms with E-state index in [2.05, 4.69) is 50.1 Å². The molecule has 0 aliphatic heterocycles. The summed E-state index contributed by atoms with van der Waals surface area (Å²) < 4.78 is 20.4. The van der Waals surface area contributed by atoms with Crippen LogP contribution in [0, 0.1) is 0 Å². The van der Waals surface area contributed by atoms with Crippen molar-refractivity contribution in [3.05, 3.63) is 0 Å². The summed E-state index contributed by atoms with van der Waals surface area (Å²) in [7, 11) is -4.42. The van der Waals surface area contributed by atoms with Gasteiger partial charge in [-0.15, -0.1) is 0 Å². The van der Waals surface area contributed by atoms with Crippen molar-refractivity contribution in [1.82, 2.24) is 4.23 Å². The van der Waals surface area contributed by atoms with E-state index in [1.54, 1.807) is 0 Å². The number of ether oxygens (including phenoxy) is 1. The molecule has 0 aliphatic carbocycles. The van der Waals surface area contributed by atoms with Gasteiger partial charge in [-0.2, -0.15) is 0 Å². The third kappa shape index (κ3) is 10.5. The summed E-state index contributed by atoms with van der Waals surface area (Å²) in [4.78, 5) is 0. The van der Waals surface area contributed by atoms with Crippen LogP contribution in [0.5, 0.6) is 0 Å². The van der Waals surface area contributed by atoms with Crippen molar-refractivity contribution in [3.8, 4) is 0 Å².